The lowest BCUT2D eigenvalue weighted by atomic mass is 9.83. The van der Waals surface area contributed by atoms with Crippen LogP contribution in [0.1, 0.15) is 75.8 Å². The summed E-state index contributed by atoms with van der Waals surface area (Å²) in [6.45, 7) is 0. The van der Waals surface area contributed by atoms with E-state index in [1.165, 1.54) is 37.7 Å². The molecule has 0 spiro atoms. The van der Waals surface area contributed by atoms with E-state index in [4.69, 9.17) is 0 Å². The summed E-state index contributed by atoms with van der Waals surface area (Å²) in [5, 5.41) is 0. The van der Waals surface area contributed by atoms with Crippen LogP contribution < -0.4 is 0 Å². The van der Waals surface area contributed by atoms with Gasteiger partial charge in [-0.05, 0) is 41.0 Å². The molecule has 144 valence electrons. The maximum Gasteiger partial charge on any atom is 0.179 e. The number of hydrogen-bond donors (Lipinski definition) is 0. The highest BCUT2D eigenvalue weighted by molar-refractivity contribution is 6.31. The summed E-state index contributed by atoms with van der Waals surface area (Å²) in [7, 11) is 0. The number of ketones is 2. The number of benzene rings is 3. The zero-order chi connectivity index (χ0) is 19.8. The predicted molar refractivity (Wildman–Crippen MR) is 116 cm³/mol. The van der Waals surface area contributed by atoms with Crippen LogP contribution in [0.15, 0.2) is 72.8 Å². The highest BCUT2D eigenvalue weighted by Gasteiger charge is 2.41. The molecule has 29 heavy (non-hydrogen) atoms. The lowest BCUT2D eigenvalue weighted by Gasteiger charge is -2.22. The maximum atomic E-state index is 13.4. The van der Waals surface area contributed by atoms with Gasteiger partial charge in [0.2, 0.25) is 0 Å². The van der Waals surface area contributed by atoms with Gasteiger partial charge in [0.25, 0.3) is 0 Å². The Hall–Kier alpha value is -3.00. The van der Waals surface area contributed by atoms with Crippen molar-refractivity contribution in [2.24, 2.45) is 0 Å². The highest BCUT2D eigenvalue weighted by atomic mass is 16.2. The monoisotopic (exact) mass is 380 g/mol. The number of fused-ring (bicyclic) bond motifs is 1. The third kappa shape index (κ3) is 3.13. The van der Waals surface area contributed by atoms with Crippen LogP contribution in [0.25, 0.3) is 11.1 Å². The van der Waals surface area contributed by atoms with Crippen LogP contribution in [-0.4, -0.2) is 11.6 Å². The molecule has 3 aromatic rings. The van der Waals surface area contributed by atoms with Crippen LogP contribution in [0.4, 0.5) is 0 Å². The van der Waals surface area contributed by atoms with Crippen LogP contribution in [0.3, 0.4) is 0 Å². The first-order chi connectivity index (χ1) is 14.2. The Balaban J connectivity index is 1.49. The van der Waals surface area contributed by atoms with E-state index in [-0.39, 0.29) is 11.6 Å². The van der Waals surface area contributed by atoms with E-state index in [0.717, 1.165) is 16.7 Å². The number of hydrogen-bond acceptors (Lipinski definition) is 2. The molecule has 1 unspecified atom stereocenters. The molecule has 5 rings (SSSR count). The van der Waals surface area contributed by atoms with Crippen molar-refractivity contribution in [2.45, 2.75) is 43.9 Å². The number of rotatable bonds is 3. The Morgan fingerprint density at radius 3 is 1.97 bits per heavy atom. The smallest absolute Gasteiger partial charge is 0.179 e. The fraction of sp³-hybridized carbons (Fsp3) is 0.259. The van der Waals surface area contributed by atoms with Crippen LogP contribution in [0.2, 0.25) is 0 Å². The number of Topliss-reactive ketones (excluding diaryl/α,β-unsaturated/α-hetero) is 2. The standard InChI is InChI=1S/C27H24O2/c28-26-23-13-7-12-22(20-10-5-2-6-11-20)25(23)27(29)24(26)21-16-14-19(15-17-21)18-8-3-1-4-9-18/h2,5-7,10-18,24H,1,3-4,8-9H2. The molecule has 1 saturated carbocycles. The summed E-state index contributed by atoms with van der Waals surface area (Å²) in [6, 6.07) is 23.7. The molecular weight excluding hydrogens is 356 g/mol. The summed E-state index contributed by atoms with van der Waals surface area (Å²) in [6.07, 6.45) is 6.41. The second-order valence-corrected chi connectivity index (χ2v) is 8.26. The number of carbonyl (C=O) groups is 2. The molecule has 0 heterocycles. The largest absolute Gasteiger partial charge is 0.293 e. The topological polar surface area (TPSA) is 34.1 Å². The Morgan fingerprint density at radius 1 is 0.586 bits per heavy atom. The SMILES string of the molecule is O=C1c2cccc(-c3ccccc3)c2C(=O)C1c1ccc(C2CCCCC2)cc1. The first kappa shape index (κ1) is 18.1. The van der Waals surface area contributed by atoms with Gasteiger partial charge in [0, 0.05) is 11.1 Å². The fourth-order valence-corrected chi connectivity index (χ4v) is 5.00. The summed E-state index contributed by atoms with van der Waals surface area (Å²) < 4.78 is 0. The minimum absolute atomic E-state index is 0.0742. The van der Waals surface area contributed by atoms with Gasteiger partial charge in [0.15, 0.2) is 11.6 Å². The van der Waals surface area contributed by atoms with Gasteiger partial charge in [-0.1, -0.05) is 92.1 Å². The molecule has 0 amide bonds. The molecule has 3 aromatic carbocycles. The van der Waals surface area contributed by atoms with Crippen molar-refractivity contribution in [1.29, 1.82) is 0 Å². The minimum Gasteiger partial charge on any atom is -0.293 e. The molecule has 0 saturated heterocycles. The third-order valence-corrected chi connectivity index (χ3v) is 6.53. The Bertz CT molecular complexity index is 1060. The Labute approximate surface area is 171 Å². The molecule has 0 aromatic heterocycles. The van der Waals surface area contributed by atoms with Crippen LogP contribution in [0.5, 0.6) is 0 Å². The lowest BCUT2D eigenvalue weighted by molar-refractivity contribution is 0.0890. The first-order valence-corrected chi connectivity index (χ1v) is 10.6. The molecule has 0 N–H and O–H groups in total. The normalized spacial score (nSPS) is 19.4. The average molecular weight is 380 g/mol. The molecule has 2 heteroatoms. The van der Waals surface area contributed by atoms with Crippen molar-refractivity contribution in [2.75, 3.05) is 0 Å². The third-order valence-electron chi connectivity index (χ3n) is 6.53. The fourth-order valence-electron chi connectivity index (χ4n) is 5.00. The Morgan fingerprint density at radius 2 is 1.24 bits per heavy atom. The van der Waals surface area contributed by atoms with Gasteiger partial charge in [-0.2, -0.15) is 0 Å². The van der Waals surface area contributed by atoms with E-state index in [1.54, 1.807) is 6.07 Å². The van der Waals surface area contributed by atoms with E-state index in [0.29, 0.717) is 17.0 Å². The van der Waals surface area contributed by atoms with Gasteiger partial charge >= 0.3 is 0 Å². The van der Waals surface area contributed by atoms with Crippen molar-refractivity contribution in [1.82, 2.24) is 0 Å². The molecule has 0 bridgehead atoms. The molecule has 2 aliphatic carbocycles. The number of carbonyl (C=O) groups excluding carboxylic acids is 2. The summed E-state index contributed by atoms with van der Waals surface area (Å²) in [5.74, 6) is -0.243. The van der Waals surface area contributed by atoms with E-state index in [9.17, 15) is 9.59 Å². The van der Waals surface area contributed by atoms with Gasteiger partial charge in [0.1, 0.15) is 5.92 Å². The van der Waals surface area contributed by atoms with Crippen molar-refractivity contribution < 1.29 is 9.59 Å². The molecule has 2 aliphatic rings. The van der Waals surface area contributed by atoms with Crippen molar-refractivity contribution in [3.63, 3.8) is 0 Å². The van der Waals surface area contributed by atoms with Gasteiger partial charge in [-0.25, -0.2) is 0 Å². The van der Waals surface area contributed by atoms with Gasteiger partial charge in [-0.15, -0.1) is 0 Å². The van der Waals surface area contributed by atoms with Gasteiger partial charge in [0.05, 0.1) is 0 Å². The average Bonchev–Trinajstić information content (AvgIpc) is 3.05. The molecule has 0 aliphatic heterocycles. The molecule has 1 atom stereocenters. The summed E-state index contributed by atoms with van der Waals surface area (Å²) in [5.41, 5.74) is 5.10. The van der Waals surface area contributed by atoms with Crippen LogP contribution in [0, 0.1) is 0 Å². The zero-order valence-electron chi connectivity index (χ0n) is 16.4. The Kier molecular flexibility index (Phi) is 4.63. The molecule has 2 nitrogen and oxygen atoms in total. The van der Waals surface area contributed by atoms with E-state index in [2.05, 4.69) is 12.1 Å². The predicted octanol–water partition coefficient (Wildman–Crippen LogP) is 6.56. The first-order valence-electron chi connectivity index (χ1n) is 10.6. The molecule has 1 fully saturated rings. The maximum absolute atomic E-state index is 13.4. The summed E-state index contributed by atoms with van der Waals surface area (Å²) >= 11 is 0. The van der Waals surface area contributed by atoms with Crippen molar-refractivity contribution in [3.8, 4) is 11.1 Å². The second-order valence-electron chi connectivity index (χ2n) is 8.26. The minimum atomic E-state index is -0.713. The molecule has 0 radical (unpaired) electrons. The molecular formula is C27H24O2. The quantitative estimate of drug-likeness (QED) is 0.482. The lowest BCUT2D eigenvalue weighted by Crippen LogP contribution is -2.13. The zero-order valence-corrected chi connectivity index (χ0v) is 16.4. The van der Waals surface area contributed by atoms with E-state index < -0.39 is 5.92 Å². The highest BCUT2D eigenvalue weighted by Crippen LogP contribution is 2.40. The van der Waals surface area contributed by atoms with Crippen molar-refractivity contribution >= 4 is 11.6 Å². The van der Waals surface area contributed by atoms with Crippen LogP contribution >= 0.6 is 0 Å². The van der Waals surface area contributed by atoms with E-state index >= 15 is 0 Å². The second kappa shape index (κ2) is 7.44. The van der Waals surface area contributed by atoms with Gasteiger partial charge in [-0.3, -0.25) is 9.59 Å². The van der Waals surface area contributed by atoms with Crippen molar-refractivity contribution in [3.05, 3.63) is 95.1 Å². The van der Waals surface area contributed by atoms with Gasteiger partial charge < -0.3 is 0 Å². The van der Waals surface area contributed by atoms with E-state index in [1.807, 2.05) is 54.6 Å². The van der Waals surface area contributed by atoms with Crippen LogP contribution in [-0.2, 0) is 0 Å². The summed E-state index contributed by atoms with van der Waals surface area (Å²) in [4.78, 5) is 26.5.